The van der Waals surface area contributed by atoms with Gasteiger partial charge in [-0.2, -0.15) is 5.10 Å². The normalized spacial score (nSPS) is 18.9. The predicted octanol–water partition coefficient (Wildman–Crippen LogP) is 4.42. The Morgan fingerprint density at radius 1 is 1.03 bits per heavy atom. The van der Waals surface area contributed by atoms with Gasteiger partial charge in [0.15, 0.2) is 5.13 Å². The molecule has 0 bridgehead atoms. The number of hydrogen-bond acceptors (Lipinski definition) is 5. The second-order valence-electron chi connectivity index (χ2n) is 8.13. The number of fused-ring (bicyclic) bond motifs is 1. The van der Waals surface area contributed by atoms with Gasteiger partial charge in [0.1, 0.15) is 0 Å². The zero-order chi connectivity index (χ0) is 19.6. The van der Waals surface area contributed by atoms with Gasteiger partial charge in [0, 0.05) is 32.1 Å². The number of hydrogen-bond donors (Lipinski definition) is 1. The largest absolute Gasteiger partial charge is 0.346 e. The Balaban J connectivity index is 1.29. The number of para-hydroxylation sites is 1. The molecule has 3 heterocycles. The molecular weight excluding hydrogens is 382 g/mol. The van der Waals surface area contributed by atoms with E-state index in [1.165, 1.54) is 24.0 Å². The summed E-state index contributed by atoms with van der Waals surface area (Å²) in [6, 6.07) is 8.27. The minimum absolute atomic E-state index is 0.130. The molecule has 1 aliphatic heterocycles. The van der Waals surface area contributed by atoms with E-state index >= 15 is 0 Å². The van der Waals surface area contributed by atoms with E-state index in [0.29, 0.717) is 5.92 Å². The zero-order valence-electron chi connectivity index (χ0n) is 16.6. The third-order valence-electron chi connectivity index (χ3n) is 6.25. The highest BCUT2D eigenvalue weighted by Crippen LogP contribution is 2.34. The van der Waals surface area contributed by atoms with Crippen LogP contribution in [0.2, 0.25) is 0 Å². The Morgan fingerprint density at radius 3 is 2.76 bits per heavy atom. The van der Waals surface area contributed by atoms with Crippen LogP contribution in [0.15, 0.2) is 30.5 Å². The molecule has 3 aromatic rings. The monoisotopic (exact) mass is 409 g/mol. The van der Waals surface area contributed by atoms with Crippen LogP contribution in [-0.4, -0.2) is 52.2 Å². The van der Waals surface area contributed by atoms with E-state index < -0.39 is 0 Å². The summed E-state index contributed by atoms with van der Waals surface area (Å²) < 4.78 is 1.22. The Morgan fingerprint density at radius 2 is 1.90 bits per heavy atom. The summed E-state index contributed by atoms with van der Waals surface area (Å²) in [5, 5.41) is 8.44. The second-order valence-corrected chi connectivity index (χ2v) is 9.14. The summed E-state index contributed by atoms with van der Waals surface area (Å²) >= 11 is 1.74. The van der Waals surface area contributed by atoms with E-state index in [1.807, 2.05) is 11.0 Å². The average molecular weight is 410 g/mol. The number of benzene rings is 1. The molecule has 1 aliphatic carbocycles. The molecule has 5 rings (SSSR count). The van der Waals surface area contributed by atoms with Crippen molar-refractivity contribution in [3.63, 3.8) is 0 Å². The number of H-pyrrole nitrogens is 1. The van der Waals surface area contributed by atoms with Gasteiger partial charge in [-0.05, 0) is 31.4 Å². The van der Waals surface area contributed by atoms with Gasteiger partial charge in [0.05, 0.1) is 27.7 Å². The lowest BCUT2D eigenvalue weighted by molar-refractivity contribution is 0.0765. The van der Waals surface area contributed by atoms with Gasteiger partial charge >= 0.3 is 0 Å². The summed E-state index contributed by atoms with van der Waals surface area (Å²) in [6.45, 7) is 3.27. The molecular formula is C22H27N5OS. The maximum Gasteiger partial charge on any atom is 0.257 e. The van der Waals surface area contributed by atoms with Crippen LogP contribution in [0, 0.1) is 0 Å². The number of aromatic amines is 1. The second kappa shape index (κ2) is 8.14. The van der Waals surface area contributed by atoms with Gasteiger partial charge in [0.2, 0.25) is 0 Å². The molecule has 2 aliphatic rings. The van der Waals surface area contributed by atoms with Crippen molar-refractivity contribution < 1.29 is 4.79 Å². The van der Waals surface area contributed by atoms with Crippen LogP contribution in [0.5, 0.6) is 0 Å². The van der Waals surface area contributed by atoms with Gasteiger partial charge in [-0.25, -0.2) is 4.98 Å². The Labute approximate surface area is 174 Å². The van der Waals surface area contributed by atoms with E-state index in [4.69, 9.17) is 4.98 Å². The molecule has 2 fully saturated rings. The summed E-state index contributed by atoms with van der Waals surface area (Å²) in [4.78, 5) is 22.4. The smallest absolute Gasteiger partial charge is 0.257 e. The zero-order valence-corrected chi connectivity index (χ0v) is 17.5. The van der Waals surface area contributed by atoms with Gasteiger partial charge in [-0.15, -0.1) is 0 Å². The lowest BCUT2D eigenvalue weighted by Gasteiger charge is -2.24. The molecule has 1 aromatic carbocycles. The summed E-state index contributed by atoms with van der Waals surface area (Å²) in [7, 11) is 0. The van der Waals surface area contributed by atoms with Crippen LogP contribution in [0.1, 0.15) is 60.5 Å². The number of carbonyl (C=O) groups excluding carboxylic acids is 1. The lowest BCUT2D eigenvalue weighted by atomic mass is 9.85. The van der Waals surface area contributed by atoms with Crippen LogP contribution < -0.4 is 4.90 Å². The Bertz CT molecular complexity index is 957. The maximum absolute atomic E-state index is 13.3. The number of carbonyl (C=O) groups is 1. The Kier molecular flexibility index (Phi) is 5.23. The van der Waals surface area contributed by atoms with Crippen LogP contribution >= 0.6 is 11.3 Å². The fraction of sp³-hybridized carbons (Fsp3) is 0.500. The third-order valence-corrected chi connectivity index (χ3v) is 7.35. The topological polar surface area (TPSA) is 65.1 Å². The van der Waals surface area contributed by atoms with Crippen molar-refractivity contribution in [2.24, 2.45) is 0 Å². The van der Waals surface area contributed by atoms with Crippen molar-refractivity contribution in [1.29, 1.82) is 0 Å². The molecule has 1 saturated carbocycles. The number of amides is 1. The highest BCUT2D eigenvalue weighted by atomic mass is 32.1. The molecule has 2 aromatic heterocycles. The predicted molar refractivity (Wildman–Crippen MR) is 117 cm³/mol. The Hall–Kier alpha value is -2.41. The van der Waals surface area contributed by atoms with Crippen LogP contribution in [0.4, 0.5) is 5.13 Å². The maximum atomic E-state index is 13.3. The summed E-state index contributed by atoms with van der Waals surface area (Å²) in [5.41, 5.74) is 2.90. The van der Waals surface area contributed by atoms with E-state index in [0.717, 1.165) is 67.3 Å². The highest BCUT2D eigenvalue weighted by Gasteiger charge is 2.28. The van der Waals surface area contributed by atoms with Crippen molar-refractivity contribution in [3.05, 3.63) is 41.7 Å². The number of thiazole rings is 1. The first kappa shape index (κ1) is 18.6. The number of nitrogens with zero attached hydrogens (tertiary/aromatic N) is 4. The molecule has 1 amide bonds. The van der Waals surface area contributed by atoms with Gasteiger partial charge in [-0.1, -0.05) is 42.7 Å². The van der Waals surface area contributed by atoms with E-state index in [9.17, 15) is 4.79 Å². The minimum atomic E-state index is 0.130. The fourth-order valence-corrected chi connectivity index (χ4v) is 5.66. The number of anilines is 1. The molecule has 0 spiro atoms. The van der Waals surface area contributed by atoms with Gasteiger partial charge in [-0.3, -0.25) is 9.89 Å². The van der Waals surface area contributed by atoms with Crippen LogP contribution in [0.25, 0.3) is 10.2 Å². The molecule has 7 heteroatoms. The highest BCUT2D eigenvalue weighted by molar-refractivity contribution is 7.22. The van der Waals surface area contributed by atoms with Crippen molar-refractivity contribution in [1.82, 2.24) is 20.1 Å². The molecule has 0 atom stereocenters. The SMILES string of the molecule is O=C(c1cn[nH]c1C1CCCCC1)N1CCCN(c2nc3ccccc3s2)CC1. The quantitative estimate of drug-likeness (QED) is 0.695. The first-order valence-electron chi connectivity index (χ1n) is 10.7. The molecule has 0 unspecified atom stereocenters. The number of aromatic nitrogens is 3. The van der Waals surface area contributed by atoms with Crippen LogP contribution in [0.3, 0.4) is 0 Å². The van der Waals surface area contributed by atoms with Gasteiger partial charge < -0.3 is 9.80 Å². The molecule has 6 nitrogen and oxygen atoms in total. The molecule has 0 radical (unpaired) electrons. The van der Waals surface area contributed by atoms with Gasteiger partial charge in [0.25, 0.3) is 5.91 Å². The van der Waals surface area contributed by atoms with Crippen LogP contribution in [-0.2, 0) is 0 Å². The van der Waals surface area contributed by atoms with E-state index in [1.54, 1.807) is 17.5 Å². The van der Waals surface area contributed by atoms with Crippen molar-refractivity contribution in [3.8, 4) is 0 Å². The third kappa shape index (κ3) is 3.75. The van der Waals surface area contributed by atoms with Crippen molar-refractivity contribution >= 4 is 32.6 Å². The first-order chi connectivity index (χ1) is 14.3. The standard InChI is InChI=1S/C22H27N5OS/c28-21(17-15-23-25-20(17)16-7-2-1-3-8-16)26-11-6-12-27(14-13-26)22-24-18-9-4-5-10-19(18)29-22/h4-5,9-10,15-16H,1-3,6-8,11-14H2,(H,23,25). The van der Waals surface area contributed by atoms with E-state index in [-0.39, 0.29) is 5.91 Å². The molecule has 29 heavy (non-hydrogen) atoms. The van der Waals surface area contributed by atoms with E-state index in [2.05, 4.69) is 33.3 Å². The molecule has 152 valence electrons. The van der Waals surface area contributed by atoms with Crippen molar-refractivity contribution in [2.75, 3.05) is 31.1 Å². The average Bonchev–Trinajstić information content (AvgIpc) is 3.35. The fourth-order valence-electron chi connectivity index (χ4n) is 4.65. The summed E-state index contributed by atoms with van der Waals surface area (Å²) in [5.74, 6) is 0.585. The molecule has 1 N–H and O–H groups in total. The molecule has 1 saturated heterocycles. The summed E-state index contributed by atoms with van der Waals surface area (Å²) in [6.07, 6.45) is 8.82. The number of rotatable bonds is 3. The first-order valence-corrected chi connectivity index (χ1v) is 11.5. The lowest BCUT2D eigenvalue weighted by Crippen LogP contribution is -2.35. The minimum Gasteiger partial charge on any atom is -0.346 e. The van der Waals surface area contributed by atoms with Crippen molar-refractivity contribution in [2.45, 2.75) is 44.4 Å². The number of nitrogens with one attached hydrogen (secondary N) is 1.